The Balaban J connectivity index is 3.99. The first kappa shape index (κ1) is 34.1. The van der Waals surface area contributed by atoms with E-state index < -0.39 is 0 Å². The Morgan fingerprint density at radius 3 is 1.50 bits per heavy atom. The number of carbonyl (C=O) groups excluding carboxylic acids is 1. The molecule has 206 valence electrons. The van der Waals surface area contributed by atoms with Crippen molar-refractivity contribution in [2.24, 2.45) is 0 Å². The molecule has 0 aromatic heterocycles. The van der Waals surface area contributed by atoms with Gasteiger partial charge in [0.2, 0.25) is 5.91 Å². The van der Waals surface area contributed by atoms with E-state index >= 15 is 0 Å². The van der Waals surface area contributed by atoms with Crippen LogP contribution in [0.5, 0.6) is 0 Å². The predicted octanol–water partition coefficient (Wildman–Crippen LogP) is 9.31. The van der Waals surface area contributed by atoms with Gasteiger partial charge in [0, 0.05) is 19.6 Å². The lowest BCUT2D eigenvalue weighted by molar-refractivity contribution is -0.121. The zero-order valence-electron chi connectivity index (χ0n) is 24.6. The quantitative estimate of drug-likeness (QED) is 0.122. The van der Waals surface area contributed by atoms with Gasteiger partial charge < -0.3 is 10.4 Å². The molecule has 3 heteroatoms. The molecule has 0 atom stereocenters. The third-order valence-corrected chi connectivity index (χ3v) is 6.46. The Hall–Kier alpha value is -1.87. The normalized spacial score (nSPS) is 13.2. The summed E-state index contributed by atoms with van der Waals surface area (Å²) in [6, 6.07) is 0. The van der Waals surface area contributed by atoms with Crippen LogP contribution in [0, 0.1) is 0 Å². The molecular weight excluding hydrogens is 442 g/mol. The summed E-state index contributed by atoms with van der Waals surface area (Å²) in [7, 11) is 0. The van der Waals surface area contributed by atoms with Crippen LogP contribution in [-0.2, 0) is 4.79 Å². The van der Waals surface area contributed by atoms with Gasteiger partial charge in [0.25, 0.3) is 0 Å². The molecule has 36 heavy (non-hydrogen) atoms. The molecule has 0 aliphatic carbocycles. The predicted molar refractivity (Wildman–Crippen MR) is 159 cm³/mol. The average Bonchev–Trinajstić information content (AvgIpc) is 2.82. The summed E-state index contributed by atoms with van der Waals surface area (Å²) in [4.78, 5) is 12.0. The van der Waals surface area contributed by atoms with Crippen molar-refractivity contribution in [3.63, 3.8) is 0 Å². The number of nitrogens with one attached hydrogen (secondary N) is 1. The van der Waals surface area contributed by atoms with Crippen molar-refractivity contribution >= 4 is 5.91 Å². The van der Waals surface area contributed by atoms with Crippen LogP contribution in [0.25, 0.3) is 0 Å². The van der Waals surface area contributed by atoms with Gasteiger partial charge in [-0.05, 0) is 112 Å². The van der Waals surface area contributed by atoms with Gasteiger partial charge in [-0.2, -0.15) is 0 Å². The second kappa shape index (κ2) is 23.5. The summed E-state index contributed by atoms with van der Waals surface area (Å²) in [5, 5.41) is 11.8. The van der Waals surface area contributed by atoms with Crippen molar-refractivity contribution in [1.29, 1.82) is 0 Å². The Morgan fingerprint density at radius 1 is 0.556 bits per heavy atom. The second-order valence-corrected chi connectivity index (χ2v) is 10.7. The van der Waals surface area contributed by atoms with Gasteiger partial charge in [-0.3, -0.25) is 4.79 Å². The van der Waals surface area contributed by atoms with Crippen molar-refractivity contribution in [3.8, 4) is 0 Å². The van der Waals surface area contributed by atoms with Gasteiger partial charge >= 0.3 is 0 Å². The zero-order chi connectivity index (χ0) is 27.0. The molecule has 0 rings (SSSR count). The summed E-state index contributed by atoms with van der Waals surface area (Å²) < 4.78 is 0. The number of hydrogen-bond donors (Lipinski definition) is 2. The van der Waals surface area contributed by atoms with Crippen LogP contribution < -0.4 is 5.32 Å². The van der Waals surface area contributed by atoms with Gasteiger partial charge in [0.1, 0.15) is 0 Å². The third-order valence-electron chi connectivity index (χ3n) is 6.46. The van der Waals surface area contributed by atoms with Crippen molar-refractivity contribution < 1.29 is 9.90 Å². The maximum absolute atomic E-state index is 12.0. The third kappa shape index (κ3) is 23.9. The van der Waals surface area contributed by atoms with Crippen LogP contribution in [0.1, 0.15) is 131 Å². The molecule has 0 fully saturated rings. The maximum atomic E-state index is 12.0. The standard InChI is InChI=1S/C33H57NO2/c1-28(2)16-13-19-31(5)22-14-20-29(3)17-9-10-18-30(4)21-15-23-32(6)24-25-33(36)34-26-11-7-8-12-27-35/h16-18,22-23,35H,7-15,19-21,24-27H2,1-6H3,(H,34,36)/b29-17+,30-18+,31-22+,32-23+. The summed E-state index contributed by atoms with van der Waals surface area (Å²) in [5.74, 6) is 0.148. The molecule has 0 bridgehead atoms. The van der Waals surface area contributed by atoms with Crippen LogP contribution >= 0.6 is 0 Å². The smallest absolute Gasteiger partial charge is 0.220 e. The van der Waals surface area contributed by atoms with E-state index in [1.807, 2.05) is 0 Å². The molecule has 0 saturated heterocycles. The SMILES string of the molecule is CC(C)=CCC/C(C)=C/CC/C(C)=C/CC/C=C(\C)CC/C=C(\C)CCC(=O)NCCCCCCO. The van der Waals surface area contributed by atoms with Crippen LogP contribution in [0.4, 0.5) is 0 Å². The van der Waals surface area contributed by atoms with E-state index in [-0.39, 0.29) is 12.5 Å². The Bertz CT molecular complexity index is 733. The van der Waals surface area contributed by atoms with Crippen LogP contribution in [0.2, 0.25) is 0 Å². The van der Waals surface area contributed by atoms with Crippen LogP contribution in [0.15, 0.2) is 58.2 Å². The lowest BCUT2D eigenvalue weighted by atomic mass is 10.0. The topological polar surface area (TPSA) is 49.3 Å². The molecule has 0 aromatic carbocycles. The van der Waals surface area contributed by atoms with E-state index in [4.69, 9.17) is 5.11 Å². The fourth-order valence-corrected chi connectivity index (χ4v) is 3.97. The number of amides is 1. The van der Waals surface area contributed by atoms with Crippen molar-refractivity contribution in [3.05, 3.63) is 58.2 Å². The molecule has 0 aliphatic rings. The minimum Gasteiger partial charge on any atom is -0.396 e. The van der Waals surface area contributed by atoms with Crippen LogP contribution in [-0.4, -0.2) is 24.2 Å². The van der Waals surface area contributed by atoms with Crippen molar-refractivity contribution in [2.75, 3.05) is 13.2 Å². The molecule has 0 radical (unpaired) electrons. The van der Waals surface area contributed by atoms with Gasteiger partial charge in [-0.1, -0.05) is 71.1 Å². The number of unbranched alkanes of at least 4 members (excludes halogenated alkanes) is 4. The molecule has 0 heterocycles. The Kier molecular flexibility index (Phi) is 22.3. The first-order valence-corrected chi connectivity index (χ1v) is 14.4. The minimum absolute atomic E-state index is 0.148. The summed E-state index contributed by atoms with van der Waals surface area (Å²) in [6.07, 6.45) is 26.2. The monoisotopic (exact) mass is 499 g/mol. The zero-order valence-corrected chi connectivity index (χ0v) is 24.6. The van der Waals surface area contributed by atoms with E-state index in [9.17, 15) is 4.79 Å². The Labute approximate surface area is 223 Å². The minimum atomic E-state index is 0.148. The number of rotatable bonds is 21. The summed E-state index contributed by atoms with van der Waals surface area (Å²) >= 11 is 0. The van der Waals surface area contributed by atoms with Gasteiger partial charge in [-0.25, -0.2) is 0 Å². The highest BCUT2D eigenvalue weighted by Crippen LogP contribution is 2.14. The molecular formula is C33H57NO2. The molecule has 0 aliphatic heterocycles. The van der Waals surface area contributed by atoms with Gasteiger partial charge in [0.05, 0.1) is 0 Å². The summed E-state index contributed by atoms with van der Waals surface area (Å²) in [6.45, 7) is 14.2. The average molecular weight is 500 g/mol. The number of carbonyl (C=O) groups is 1. The summed E-state index contributed by atoms with van der Waals surface area (Å²) in [5.41, 5.74) is 7.18. The molecule has 1 amide bonds. The highest BCUT2D eigenvalue weighted by Gasteiger charge is 2.01. The van der Waals surface area contributed by atoms with E-state index in [2.05, 4.69) is 77.2 Å². The largest absolute Gasteiger partial charge is 0.396 e. The first-order valence-electron chi connectivity index (χ1n) is 14.4. The van der Waals surface area contributed by atoms with Crippen molar-refractivity contribution in [2.45, 2.75) is 131 Å². The van der Waals surface area contributed by atoms with E-state index in [0.717, 1.165) is 83.6 Å². The molecule has 0 saturated carbocycles. The Morgan fingerprint density at radius 2 is 1.00 bits per heavy atom. The van der Waals surface area contributed by atoms with Gasteiger partial charge in [0.15, 0.2) is 0 Å². The number of allylic oxidation sites excluding steroid dienone is 10. The van der Waals surface area contributed by atoms with Gasteiger partial charge in [-0.15, -0.1) is 0 Å². The molecule has 0 aromatic rings. The lowest BCUT2D eigenvalue weighted by Gasteiger charge is -2.06. The molecule has 3 nitrogen and oxygen atoms in total. The first-order chi connectivity index (χ1) is 17.2. The lowest BCUT2D eigenvalue weighted by Crippen LogP contribution is -2.24. The fourth-order valence-electron chi connectivity index (χ4n) is 3.97. The fraction of sp³-hybridized carbons (Fsp3) is 0.667. The molecule has 0 unspecified atom stereocenters. The van der Waals surface area contributed by atoms with Crippen molar-refractivity contribution in [1.82, 2.24) is 5.32 Å². The molecule has 2 N–H and O–H groups in total. The van der Waals surface area contributed by atoms with Crippen LogP contribution in [0.3, 0.4) is 0 Å². The second-order valence-electron chi connectivity index (χ2n) is 10.7. The molecule has 0 spiro atoms. The van der Waals surface area contributed by atoms with E-state index in [1.54, 1.807) is 0 Å². The number of hydrogen-bond acceptors (Lipinski definition) is 2. The number of aliphatic hydroxyl groups is 1. The highest BCUT2D eigenvalue weighted by molar-refractivity contribution is 5.76. The number of aliphatic hydroxyl groups excluding tert-OH is 1. The van der Waals surface area contributed by atoms with E-state index in [0.29, 0.717) is 6.42 Å². The highest BCUT2D eigenvalue weighted by atomic mass is 16.2. The van der Waals surface area contributed by atoms with E-state index in [1.165, 1.54) is 34.3 Å². The maximum Gasteiger partial charge on any atom is 0.220 e.